The van der Waals surface area contributed by atoms with Crippen LogP contribution >= 0.6 is 0 Å². The molecule has 1 saturated carbocycles. The lowest BCUT2D eigenvalue weighted by Crippen LogP contribution is -2.38. The number of amides is 2. The first-order valence-corrected chi connectivity index (χ1v) is 8.43. The lowest BCUT2D eigenvalue weighted by Gasteiger charge is -2.22. The van der Waals surface area contributed by atoms with Crippen molar-refractivity contribution in [3.63, 3.8) is 0 Å². The van der Waals surface area contributed by atoms with Crippen LogP contribution in [0.15, 0.2) is 0 Å². The van der Waals surface area contributed by atoms with Gasteiger partial charge in [0.25, 0.3) is 0 Å². The lowest BCUT2D eigenvalue weighted by atomic mass is 9.93. The van der Waals surface area contributed by atoms with E-state index in [9.17, 15) is 9.59 Å². The first kappa shape index (κ1) is 14.8. The summed E-state index contributed by atoms with van der Waals surface area (Å²) < 4.78 is 0. The molecule has 3 rings (SSSR count). The zero-order valence-corrected chi connectivity index (χ0v) is 12.9. The van der Waals surface area contributed by atoms with E-state index in [4.69, 9.17) is 0 Å². The molecule has 0 aromatic rings. The van der Waals surface area contributed by atoms with Crippen LogP contribution < -0.4 is 10.6 Å². The van der Waals surface area contributed by atoms with Gasteiger partial charge >= 0.3 is 0 Å². The number of likely N-dealkylation sites (tertiary alicyclic amines) is 1. The fraction of sp³-hybridized carbons (Fsp3) is 0.875. The van der Waals surface area contributed by atoms with Crippen molar-refractivity contribution in [2.45, 2.75) is 57.5 Å². The highest BCUT2D eigenvalue weighted by molar-refractivity contribution is 5.82. The van der Waals surface area contributed by atoms with Crippen LogP contribution in [0.2, 0.25) is 0 Å². The molecule has 0 aromatic carbocycles. The molecule has 0 radical (unpaired) electrons. The molecule has 3 atom stereocenters. The lowest BCUT2D eigenvalue weighted by molar-refractivity contribution is -0.128. The third-order valence-electron chi connectivity index (χ3n) is 5.23. The van der Waals surface area contributed by atoms with Crippen LogP contribution in [0.25, 0.3) is 0 Å². The Bertz CT molecular complexity index is 406. The number of hydrogen-bond donors (Lipinski definition) is 2. The second-order valence-electron chi connectivity index (χ2n) is 7.03. The van der Waals surface area contributed by atoms with E-state index >= 15 is 0 Å². The maximum absolute atomic E-state index is 12.0. The minimum absolute atomic E-state index is 0.0332. The quantitative estimate of drug-likeness (QED) is 0.791. The molecule has 3 aliphatic rings. The molecule has 21 heavy (non-hydrogen) atoms. The minimum Gasteiger partial charge on any atom is -0.351 e. The van der Waals surface area contributed by atoms with Crippen molar-refractivity contribution in [2.24, 2.45) is 11.8 Å². The van der Waals surface area contributed by atoms with Gasteiger partial charge in [-0.1, -0.05) is 6.92 Å². The maximum atomic E-state index is 12.0. The van der Waals surface area contributed by atoms with Crippen molar-refractivity contribution in [3.8, 4) is 0 Å². The molecule has 3 unspecified atom stereocenters. The van der Waals surface area contributed by atoms with Gasteiger partial charge in [-0.3, -0.25) is 9.59 Å². The molecule has 2 aliphatic heterocycles. The van der Waals surface area contributed by atoms with Crippen molar-refractivity contribution < 1.29 is 9.59 Å². The van der Waals surface area contributed by atoms with E-state index in [1.54, 1.807) is 0 Å². The molecular weight excluding hydrogens is 266 g/mol. The van der Waals surface area contributed by atoms with E-state index in [2.05, 4.69) is 17.6 Å². The van der Waals surface area contributed by atoms with Crippen molar-refractivity contribution >= 4 is 11.8 Å². The zero-order chi connectivity index (χ0) is 14.8. The Balaban J connectivity index is 1.38. The SMILES string of the molecule is CC1CC1N1CC(NC(=O)CCC2CCNCC2)CC1=O. The Kier molecular flexibility index (Phi) is 4.48. The Labute approximate surface area is 126 Å². The molecule has 0 bridgehead atoms. The van der Waals surface area contributed by atoms with Gasteiger partial charge in [0.05, 0.1) is 6.04 Å². The van der Waals surface area contributed by atoms with Crippen LogP contribution in [-0.2, 0) is 9.59 Å². The monoisotopic (exact) mass is 293 g/mol. The van der Waals surface area contributed by atoms with E-state index in [0.29, 0.717) is 37.3 Å². The van der Waals surface area contributed by atoms with E-state index in [1.165, 1.54) is 12.8 Å². The molecular formula is C16H27N3O2. The molecule has 0 spiro atoms. The number of rotatable bonds is 5. The van der Waals surface area contributed by atoms with E-state index in [0.717, 1.165) is 25.9 Å². The number of carbonyl (C=O) groups is 2. The number of nitrogens with one attached hydrogen (secondary N) is 2. The third-order valence-corrected chi connectivity index (χ3v) is 5.23. The van der Waals surface area contributed by atoms with Crippen molar-refractivity contribution in [1.82, 2.24) is 15.5 Å². The summed E-state index contributed by atoms with van der Waals surface area (Å²) >= 11 is 0. The topological polar surface area (TPSA) is 61.4 Å². The summed E-state index contributed by atoms with van der Waals surface area (Å²) in [6.45, 7) is 5.06. The van der Waals surface area contributed by atoms with Crippen LogP contribution in [-0.4, -0.2) is 48.4 Å². The number of hydrogen-bond acceptors (Lipinski definition) is 3. The van der Waals surface area contributed by atoms with Crippen molar-refractivity contribution in [2.75, 3.05) is 19.6 Å². The van der Waals surface area contributed by atoms with E-state index in [-0.39, 0.29) is 17.9 Å². The van der Waals surface area contributed by atoms with E-state index in [1.807, 2.05) is 4.90 Å². The summed E-state index contributed by atoms with van der Waals surface area (Å²) in [5, 5.41) is 6.41. The summed E-state index contributed by atoms with van der Waals surface area (Å²) in [6.07, 6.45) is 5.57. The van der Waals surface area contributed by atoms with Gasteiger partial charge in [0, 0.05) is 25.4 Å². The molecule has 5 nitrogen and oxygen atoms in total. The van der Waals surface area contributed by atoms with Gasteiger partial charge in [0.15, 0.2) is 0 Å². The fourth-order valence-corrected chi connectivity index (χ4v) is 3.69. The summed E-state index contributed by atoms with van der Waals surface area (Å²) in [6, 6.07) is 0.472. The van der Waals surface area contributed by atoms with Crippen LogP contribution in [0.1, 0.15) is 45.4 Å². The molecule has 2 heterocycles. The zero-order valence-electron chi connectivity index (χ0n) is 12.9. The molecule has 5 heteroatoms. The summed E-state index contributed by atoms with van der Waals surface area (Å²) in [4.78, 5) is 26.0. The molecule has 118 valence electrons. The van der Waals surface area contributed by atoms with Gasteiger partial charge in [0.2, 0.25) is 11.8 Å². The second-order valence-corrected chi connectivity index (χ2v) is 7.03. The van der Waals surface area contributed by atoms with Gasteiger partial charge < -0.3 is 15.5 Å². The molecule has 1 aliphatic carbocycles. The number of piperidine rings is 1. The van der Waals surface area contributed by atoms with Crippen LogP contribution in [0, 0.1) is 11.8 Å². The second kappa shape index (κ2) is 6.34. The summed E-state index contributed by atoms with van der Waals surface area (Å²) in [5.41, 5.74) is 0. The Morgan fingerprint density at radius 2 is 2.10 bits per heavy atom. The Morgan fingerprint density at radius 1 is 1.38 bits per heavy atom. The average molecular weight is 293 g/mol. The van der Waals surface area contributed by atoms with Gasteiger partial charge in [-0.05, 0) is 50.6 Å². The van der Waals surface area contributed by atoms with Crippen LogP contribution in [0.3, 0.4) is 0 Å². The summed E-state index contributed by atoms with van der Waals surface area (Å²) in [5.74, 6) is 1.67. The van der Waals surface area contributed by atoms with Gasteiger partial charge in [-0.2, -0.15) is 0 Å². The molecule has 2 amide bonds. The first-order chi connectivity index (χ1) is 10.1. The number of nitrogens with zero attached hydrogens (tertiary/aromatic N) is 1. The predicted molar refractivity (Wildman–Crippen MR) is 80.7 cm³/mol. The largest absolute Gasteiger partial charge is 0.351 e. The average Bonchev–Trinajstić information content (AvgIpc) is 3.08. The fourth-order valence-electron chi connectivity index (χ4n) is 3.69. The minimum atomic E-state index is 0.0332. The smallest absolute Gasteiger partial charge is 0.225 e. The van der Waals surface area contributed by atoms with Gasteiger partial charge in [-0.15, -0.1) is 0 Å². The molecule has 2 saturated heterocycles. The van der Waals surface area contributed by atoms with E-state index < -0.39 is 0 Å². The van der Waals surface area contributed by atoms with Gasteiger partial charge in [-0.25, -0.2) is 0 Å². The molecule has 0 aromatic heterocycles. The third kappa shape index (κ3) is 3.76. The van der Waals surface area contributed by atoms with Crippen molar-refractivity contribution in [3.05, 3.63) is 0 Å². The standard InChI is InChI=1S/C16H27N3O2/c1-11-8-14(11)19-10-13(9-16(19)21)18-15(20)3-2-12-4-6-17-7-5-12/h11-14,17H,2-10H2,1H3,(H,18,20). The van der Waals surface area contributed by atoms with Gasteiger partial charge in [0.1, 0.15) is 0 Å². The summed E-state index contributed by atoms with van der Waals surface area (Å²) in [7, 11) is 0. The normalized spacial score (nSPS) is 33.3. The Morgan fingerprint density at radius 3 is 2.76 bits per heavy atom. The number of carbonyl (C=O) groups excluding carboxylic acids is 2. The highest BCUT2D eigenvalue weighted by Gasteiger charge is 2.44. The van der Waals surface area contributed by atoms with Crippen molar-refractivity contribution in [1.29, 1.82) is 0 Å². The molecule has 2 N–H and O–H groups in total. The predicted octanol–water partition coefficient (Wildman–Crippen LogP) is 0.892. The maximum Gasteiger partial charge on any atom is 0.225 e. The molecule has 3 fully saturated rings. The van der Waals surface area contributed by atoms with Crippen LogP contribution in [0.5, 0.6) is 0 Å². The Hall–Kier alpha value is -1.10. The van der Waals surface area contributed by atoms with Crippen LogP contribution in [0.4, 0.5) is 0 Å². The highest BCUT2D eigenvalue weighted by atomic mass is 16.2. The highest BCUT2D eigenvalue weighted by Crippen LogP contribution is 2.37. The first-order valence-electron chi connectivity index (χ1n) is 8.43.